The highest BCUT2D eigenvalue weighted by molar-refractivity contribution is 6.02. The molecule has 44 heavy (non-hydrogen) atoms. The molecule has 0 bridgehead atoms. The van der Waals surface area contributed by atoms with Gasteiger partial charge in [-0.15, -0.1) is 5.10 Å². The van der Waals surface area contributed by atoms with Crippen LogP contribution in [0.4, 0.5) is 5.69 Å². The van der Waals surface area contributed by atoms with Crippen molar-refractivity contribution in [3.05, 3.63) is 60.2 Å². The van der Waals surface area contributed by atoms with Gasteiger partial charge in [0.25, 0.3) is 0 Å². The molecule has 3 heterocycles. The molecule has 1 N–H and O–H groups in total. The van der Waals surface area contributed by atoms with Crippen LogP contribution in [0.25, 0.3) is 11.0 Å². The molecule has 0 spiro atoms. The van der Waals surface area contributed by atoms with E-state index < -0.39 is 17.9 Å². The maximum Gasteiger partial charge on any atom is 0.249 e. The van der Waals surface area contributed by atoms with Crippen LogP contribution in [-0.4, -0.2) is 74.2 Å². The zero-order valence-corrected chi connectivity index (χ0v) is 24.6. The van der Waals surface area contributed by atoms with E-state index in [-0.39, 0.29) is 26.0 Å². The number of aromatic nitrogens is 3. The molecular formula is C31H33N5O8. The largest absolute Gasteiger partial charge is 0.493 e. The number of para-hydroxylation sites is 1. The third-order valence-corrected chi connectivity index (χ3v) is 7.65. The fraction of sp³-hybridized carbons (Fsp3) is 0.355. The molecule has 3 aromatic carbocycles. The van der Waals surface area contributed by atoms with Gasteiger partial charge in [-0.05, 0) is 54.8 Å². The summed E-state index contributed by atoms with van der Waals surface area (Å²) >= 11 is 0. The van der Waals surface area contributed by atoms with Crippen LogP contribution in [0.2, 0.25) is 0 Å². The number of nitrogens with zero attached hydrogens (tertiary/aromatic N) is 4. The van der Waals surface area contributed by atoms with Crippen molar-refractivity contribution in [2.45, 2.75) is 31.5 Å². The first-order valence-electron chi connectivity index (χ1n) is 14.2. The lowest BCUT2D eigenvalue weighted by molar-refractivity contribution is -0.127. The minimum Gasteiger partial charge on any atom is -0.493 e. The van der Waals surface area contributed by atoms with Crippen LogP contribution in [0, 0.1) is 0 Å². The number of methoxy groups -OCH3 is 3. The molecule has 0 unspecified atom stereocenters. The van der Waals surface area contributed by atoms with Crippen molar-refractivity contribution in [1.29, 1.82) is 0 Å². The Labute approximate surface area is 253 Å². The number of benzene rings is 3. The third-order valence-electron chi connectivity index (χ3n) is 7.65. The molecular weight excluding hydrogens is 570 g/mol. The van der Waals surface area contributed by atoms with Crippen LogP contribution in [0.5, 0.6) is 28.7 Å². The molecule has 0 aliphatic carbocycles. The number of nitrogens with one attached hydrogen (secondary N) is 1. The Balaban J connectivity index is 1.47. The summed E-state index contributed by atoms with van der Waals surface area (Å²) in [4.78, 5) is 30.1. The molecule has 2 aliphatic heterocycles. The number of fused-ring (bicyclic) bond motifs is 2. The normalized spacial score (nSPS) is 16.0. The van der Waals surface area contributed by atoms with E-state index in [4.69, 9.17) is 28.4 Å². The molecule has 0 radical (unpaired) electrons. The quantitative estimate of drug-likeness (QED) is 0.272. The Bertz CT molecular complexity index is 1640. The van der Waals surface area contributed by atoms with Crippen molar-refractivity contribution in [2.75, 3.05) is 46.2 Å². The molecule has 1 saturated heterocycles. The van der Waals surface area contributed by atoms with Gasteiger partial charge in [0.15, 0.2) is 23.0 Å². The zero-order valence-electron chi connectivity index (χ0n) is 24.6. The summed E-state index contributed by atoms with van der Waals surface area (Å²) in [7, 11) is 4.48. The molecule has 2 atom stereocenters. The molecule has 4 aromatic rings. The summed E-state index contributed by atoms with van der Waals surface area (Å²) in [6.45, 7) is 0.784. The smallest absolute Gasteiger partial charge is 0.249 e. The van der Waals surface area contributed by atoms with Gasteiger partial charge in [-0.1, -0.05) is 17.3 Å². The number of anilines is 1. The van der Waals surface area contributed by atoms with E-state index in [0.717, 1.165) is 12.8 Å². The first-order chi connectivity index (χ1) is 21.5. The lowest BCUT2D eigenvalue weighted by atomic mass is 10.0. The number of carbonyl (C=O) groups is 2. The van der Waals surface area contributed by atoms with E-state index in [1.54, 1.807) is 30.3 Å². The molecule has 6 rings (SSSR count). The minimum atomic E-state index is -1.17. The van der Waals surface area contributed by atoms with Crippen LogP contribution >= 0.6 is 0 Å². The Kier molecular flexibility index (Phi) is 8.37. The van der Waals surface area contributed by atoms with Crippen molar-refractivity contribution < 1.29 is 38.0 Å². The summed E-state index contributed by atoms with van der Waals surface area (Å²) in [5.74, 6) is 1.16. The van der Waals surface area contributed by atoms with Crippen molar-refractivity contribution in [1.82, 2.24) is 20.3 Å². The molecule has 2 amide bonds. The van der Waals surface area contributed by atoms with Gasteiger partial charge in [0, 0.05) is 24.9 Å². The van der Waals surface area contributed by atoms with E-state index in [0.29, 0.717) is 57.6 Å². The standard InChI is InChI=1S/C31H33N5O8/c1-39-26-13-19(14-27(40-2)30(26)41-3)29(31(38)32-16-21-7-6-12-42-21)36(20-10-11-24-25(15-20)44-18-43-24)28(37)17-35-23-9-5-4-8-22(23)33-34-35/h4-5,8-11,13-15,21,29H,6-7,12,16-18H2,1-3H3,(H,32,38)/t21-,29-/m0/s1. The van der Waals surface area contributed by atoms with Gasteiger partial charge in [-0.3, -0.25) is 14.5 Å². The van der Waals surface area contributed by atoms with Crippen molar-refractivity contribution in [3.8, 4) is 28.7 Å². The van der Waals surface area contributed by atoms with Gasteiger partial charge in [0.1, 0.15) is 18.1 Å². The fourth-order valence-electron chi connectivity index (χ4n) is 5.50. The average Bonchev–Trinajstić information content (AvgIpc) is 3.83. The van der Waals surface area contributed by atoms with Gasteiger partial charge in [0.2, 0.25) is 24.4 Å². The Hall–Kier alpha value is -5.04. The lowest BCUT2D eigenvalue weighted by Gasteiger charge is -2.32. The SMILES string of the molecule is COc1cc([C@@H](C(=O)NC[C@@H]2CCCO2)N(C(=O)Cn2nnc3ccccc32)c2ccc3c(c2)OCO3)cc(OC)c1OC. The summed E-state index contributed by atoms with van der Waals surface area (Å²) in [5, 5.41) is 11.4. The number of amides is 2. The monoisotopic (exact) mass is 603 g/mol. The van der Waals surface area contributed by atoms with Crippen molar-refractivity contribution in [2.24, 2.45) is 0 Å². The number of ether oxygens (including phenoxy) is 6. The van der Waals surface area contributed by atoms with E-state index in [2.05, 4.69) is 15.6 Å². The Morgan fingerprint density at radius 1 is 1.02 bits per heavy atom. The molecule has 1 aromatic heterocycles. The summed E-state index contributed by atoms with van der Waals surface area (Å²) in [5.41, 5.74) is 2.16. The fourth-order valence-corrected chi connectivity index (χ4v) is 5.50. The number of hydrogen-bond acceptors (Lipinski definition) is 10. The van der Waals surface area contributed by atoms with Gasteiger partial charge >= 0.3 is 0 Å². The van der Waals surface area contributed by atoms with E-state index >= 15 is 0 Å². The second-order valence-corrected chi connectivity index (χ2v) is 10.3. The second-order valence-electron chi connectivity index (χ2n) is 10.3. The minimum absolute atomic E-state index is 0.0514. The summed E-state index contributed by atoms with van der Waals surface area (Å²) < 4.78 is 35.2. The van der Waals surface area contributed by atoms with Crippen LogP contribution in [0.15, 0.2) is 54.6 Å². The Morgan fingerprint density at radius 2 is 1.80 bits per heavy atom. The second kappa shape index (κ2) is 12.7. The lowest BCUT2D eigenvalue weighted by Crippen LogP contribution is -2.46. The van der Waals surface area contributed by atoms with E-state index in [1.165, 1.54) is 30.9 Å². The van der Waals surface area contributed by atoms with Crippen molar-refractivity contribution >= 4 is 28.5 Å². The van der Waals surface area contributed by atoms with E-state index in [9.17, 15) is 9.59 Å². The van der Waals surface area contributed by atoms with Crippen LogP contribution in [-0.2, 0) is 20.9 Å². The molecule has 0 saturated carbocycles. The van der Waals surface area contributed by atoms with Crippen LogP contribution in [0.1, 0.15) is 24.4 Å². The average molecular weight is 604 g/mol. The van der Waals surface area contributed by atoms with Gasteiger partial charge in [-0.25, -0.2) is 4.68 Å². The third kappa shape index (κ3) is 5.65. The highest BCUT2D eigenvalue weighted by atomic mass is 16.7. The summed E-state index contributed by atoms with van der Waals surface area (Å²) in [6, 6.07) is 14.6. The zero-order chi connectivity index (χ0) is 30.6. The highest BCUT2D eigenvalue weighted by Gasteiger charge is 2.36. The van der Waals surface area contributed by atoms with Crippen LogP contribution < -0.4 is 33.9 Å². The molecule has 2 aliphatic rings. The van der Waals surface area contributed by atoms with Crippen LogP contribution in [0.3, 0.4) is 0 Å². The number of rotatable bonds is 11. The van der Waals surface area contributed by atoms with Gasteiger partial charge in [0.05, 0.1) is 33.0 Å². The van der Waals surface area contributed by atoms with Crippen molar-refractivity contribution in [3.63, 3.8) is 0 Å². The highest BCUT2D eigenvalue weighted by Crippen LogP contribution is 2.43. The van der Waals surface area contributed by atoms with E-state index in [1.807, 2.05) is 24.3 Å². The molecule has 13 nitrogen and oxygen atoms in total. The maximum atomic E-state index is 14.4. The van der Waals surface area contributed by atoms with Gasteiger partial charge < -0.3 is 33.7 Å². The molecule has 13 heteroatoms. The number of carbonyl (C=O) groups excluding carboxylic acids is 2. The maximum absolute atomic E-state index is 14.4. The Morgan fingerprint density at radius 3 is 2.52 bits per heavy atom. The van der Waals surface area contributed by atoms with Gasteiger partial charge in [-0.2, -0.15) is 0 Å². The first-order valence-corrected chi connectivity index (χ1v) is 14.2. The molecule has 230 valence electrons. The predicted octanol–water partition coefficient (Wildman–Crippen LogP) is 3.26. The molecule has 1 fully saturated rings. The topological polar surface area (TPSA) is 136 Å². The number of hydrogen-bond donors (Lipinski definition) is 1. The predicted molar refractivity (Wildman–Crippen MR) is 158 cm³/mol. The first kappa shape index (κ1) is 29.1. The summed E-state index contributed by atoms with van der Waals surface area (Å²) in [6.07, 6.45) is 1.64.